The Labute approximate surface area is 92.1 Å². The fourth-order valence-corrected chi connectivity index (χ4v) is 3.38. The van der Waals surface area contributed by atoms with Gasteiger partial charge in [-0.05, 0) is 35.8 Å². The Morgan fingerprint density at radius 2 is 2.00 bits per heavy atom. The second-order valence-electron chi connectivity index (χ2n) is 3.81. The third-order valence-electron chi connectivity index (χ3n) is 2.61. The Morgan fingerprint density at radius 1 is 1.40 bits per heavy atom. The van der Waals surface area contributed by atoms with Gasteiger partial charge < -0.3 is 0 Å². The van der Waals surface area contributed by atoms with Crippen LogP contribution in [0, 0.1) is 5.82 Å². The van der Waals surface area contributed by atoms with Gasteiger partial charge in [-0.25, -0.2) is 4.39 Å². The Kier molecular flexibility index (Phi) is 2.64. The third-order valence-corrected chi connectivity index (χ3v) is 4.34. The van der Waals surface area contributed by atoms with Crippen LogP contribution >= 0.6 is 10.5 Å². The zero-order valence-electron chi connectivity index (χ0n) is 8.77. The molecule has 0 saturated carbocycles. The van der Waals surface area contributed by atoms with Crippen LogP contribution < -0.4 is 0 Å². The molecule has 15 heavy (non-hydrogen) atoms. The van der Waals surface area contributed by atoms with Gasteiger partial charge in [-0.2, -0.15) is 0 Å². The van der Waals surface area contributed by atoms with Crippen LogP contribution in [0.4, 0.5) is 4.39 Å². The Morgan fingerprint density at radius 3 is 2.53 bits per heavy atom. The van der Waals surface area contributed by atoms with E-state index in [9.17, 15) is 4.39 Å². The van der Waals surface area contributed by atoms with Crippen LogP contribution in [0.2, 0.25) is 0 Å². The summed E-state index contributed by atoms with van der Waals surface area (Å²) in [6.07, 6.45) is 0. The molecule has 1 aromatic rings. The lowest BCUT2D eigenvalue weighted by molar-refractivity contribution is 0.622. The molecule has 1 atom stereocenters. The van der Waals surface area contributed by atoms with Gasteiger partial charge in [-0.1, -0.05) is 18.2 Å². The SMILES string of the molecule is C=C=S1Cc2cc(F)c(C(=C)C)cc2C1. The summed E-state index contributed by atoms with van der Waals surface area (Å²) < 4.78 is 13.6. The molecule has 1 unspecified atom stereocenters. The first-order valence-corrected chi connectivity index (χ1v) is 6.35. The second kappa shape index (κ2) is 3.80. The molecule has 1 aliphatic rings. The Hall–Kier alpha value is -1.11. The van der Waals surface area contributed by atoms with Crippen molar-refractivity contribution < 1.29 is 4.39 Å². The van der Waals surface area contributed by atoms with Crippen molar-refractivity contribution in [3.8, 4) is 0 Å². The minimum Gasteiger partial charge on any atom is -0.206 e. The van der Waals surface area contributed by atoms with Crippen molar-refractivity contribution in [2.75, 3.05) is 0 Å². The van der Waals surface area contributed by atoms with E-state index in [4.69, 9.17) is 0 Å². The van der Waals surface area contributed by atoms with Crippen LogP contribution in [0.3, 0.4) is 0 Å². The predicted octanol–water partition coefficient (Wildman–Crippen LogP) is 3.73. The van der Waals surface area contributed by atoms with Crippen molar-refractivity contribution in [1.82, 2.24) is 0 Å². The van der Waals surface area contributed by atoms with Crippen LogP contribution in [0.5, 0.6) is 0 Å². The van der Waals surface area contributed by atoms with Crippen LogP contribution in [0.15, 0.2) is 25.3 Å². The number of hydrogen-bond acceptors (Lipinski definition) is 0. The fraction of sp³-hybridized carbons (Fsp3) is 0.231. The maximum Gasteiger partial charge on any atom is 0.130 e. The highest BCUT2D eigenvalue weighted by atomic mass is 32.2. The van der Waals surface area contributed by atoms with Gasteiger partial charge in [0.2, 0.25) is 0 Å². The van der Waals surface area contributed by atoms with E-state index in [2.05, 4.69) is 18.2 Å². The highest BCUT2D eigenvalue weighted by Gasteiger charge is 2.17. The molecule has 1 aliphatic heterocycles. The first kappa shape index (κ1) is 10.4. The van der Waals surface area contributed by atoms with Crippen molar-refractivity contribution in [3.63, 3.8) is 0 Å². The molecule has 78 valence electrons. The van der Waals surface area contributed by atoms with E-state index < -0.39 is 0 Å². The largest absolute Gasteiger partial charge is 0.206 e. The summed E-state index contributed by atoms with van der Waals surface area (Å²) in [5, 5.41) is 3.01. The van der Waals surface area contributed by atoms with Gasteiger partial charge in [0.15, 0.2) is 0 Å². The summed E-state index contributed by atoms with van der Waals surface area (Å²) in [5.41, 5.74) is 3.76. The third kappa shape index (κ3) is 1.83. The number of rotatable bonds is 1. The average molecular weight is 220 g/mol. The number of hydrogen-bond donors (Lipinski definition) is 0. The molecule has 0 fully saturated rings. The normalized spacial score (nSPS) is 18.4. The van der Waals surface area contributed by atoms with Gasteiger partial charge in [0.25, 0.3) is 0 Å². The van der Waals surface area contributed by atoms with E-state index in [1.165, 1.54) is 5.56 Å². The van der Waals surface area contributed by atoms with Crippen LogP contribution in [-0.2, 0) is 11.5 Å². The van der Waals surface area contributed by atoms with Crippen LogP contribution in [0.1, 0.15) is 23.6 Å². The first-order chi connectivity index (χ1) is 7.11. The zero-order valence-corrected chi connectivity index (χ0v) is 9.59. The molecule has 0 aromatic heterocycles. The van der Waals surface area contributed by atoms with Gasteiger partial charge in [0, 0.05) is 17.1 Å². The van der Waals surface area contributed by atoms with Gasteiger partial charge in [-0.15, -0.1) is 10.5 Å². The lowest BCUT2D eigenvalue weighted by Crippen LogP contribution is -1.91. The molecule has 0 amide bonds. The molecule has 0 aliphatic carbocycles. The van der Waals surface area contributed by atoms with Crippen molar-refractivity contribution in [1.29, 1.82) is 0 Å². The van der Waals surface area contributed by atoms with E-state index in [-0.39, 0.29) is 16.3 Å². The van der Waals surface area contributed by atoms with Gasteiger partial charge in [-0.3, -0.25) is 0 Å². The van der Waals surface area contributed by atoms with E-state index >= 15 is 0 Å². The van der Waals surface area contributed by atoms with Crippen LogP contribution in [0.25, 0.3) is 5.57 Å². The summed E-state index contributed by atoms with van der Waals surface area (Å²) in [4.78, 5) is 0. The summed E-state index contributed by atoms with van der Waals surface area (Å²) in [6, 6.07) is 3.57. The topological polar surface area (TPSA) is 0 Å². The van der Waals surface area contributed by atoms with Crippen molar-refractivity contribution in [2.45, 2.75) is 18.4 Å². The van der Waals surface area contributed by atoms with E-state index in [0.29, 0.717) is 5.56 Å². The van der Waals surface area contributed by atoms with Crippen molar-refractivity contribution >= 4 is 21.1 Å². The molecule has 1 heterocycles. The minimum atomic E-state index is -0.157. The monoisotopic (exact) mass is 220 g/mol. The van der Waals surface area contributed by atoms with Gasteiger partial charge in [0.1, 0.15) is 5.82 Å². The van der Waals surface area contributed by atoms with Crippen LogP contribution in [-0.4, -0.2) is 5.02 Å². The molecule has 1 aromatic carbocycles. The molecule has 0 nitrogen and oxygen atoms in total. The number of allylic oxidation sites excluding steroid dienone is 1. The average Bonchev–Trinajstić information content (AvgIpc) is 2.58. The quantitative estimate of drug-likeness (QED) is 0.633. The van der Waals surface area contributed by atoms with E-state index in [0.717, 1.165) is 22.6 Å². The predicted molar refractivity (Wildman–Crippen MR) is 66.7 cm³/mol. The first-order valence-electron chi connectivity index (χ1n) is 4.79. The molecular weight excluding hydrogens is 207 g/mol. The lowest BCUT2D eigenvalue weighted by Gasteiger charge is -2.05. The minimum absolute atomic E-state index is 0.0820. The lowest BCUT2D eigenvalue weighted by atomic mass is 10.0. The maximum absolute atomic E-state index is 13.6. The zero-order chi connectivity index (χ0) is 11.0. The van der Waals surface area contributed by atoms with E-state index in [1.807, 2.05) is 13.0 Å². The number of benzene rings is 1. The van der Waals surface area contributed by atoms with Gasteiger partial charge in [0.05, 0.1) is 0 Å². The molecule has 0 bridgehead atoms. The van der Waals surface area contributed by atoms with E-state index in [1.54, 1.807) is 6.07 Å². The summed E-state index contributed by atoms with van der Waals surface area (Å²) in [6.45, 7) is 9.30. The smallest absolute Gasteiger partial charge is 0.130 e. The number of fused-ring (bicyclic) bond motifs is 1. The summed E-state index contributed by atoms with van der Waals surface area (Å²) >= 11 is 0. The van der Waals surface area contributed by atoms with Crippen molar-refractivity contribution in [2.24, 2.45) is 0 Å². The number of halogens is 1. The standard InChI is InChI=1S/C13H13FS/c1-4-15-7-10-5-12(9(2)3)13(14)6-11(10)8-15/h5-6H,1-2,7-8H2,3H3. The molecule has 2 heteroatoms. The fourth-order valence-electron chi connectivity index (χ4n) is 1.78. The highest BCUT2D eigenvalue weighted by Crippen LogP contribution is 2.36. The molecule has 0 saturated heterocycles. The Balaban J connectivity index is 2.54. The summed E-state index contributed by atoms with van der Waals surface area (Å²) in [7, 11) is 0.0820. The molecule has 2 rings (SSSR count). The Bertz CT molecular complexity index is 494. The highest BCUT2D eigenvalue weighted by molar-refractivity contribution is 8.13. The van der Waals surface area contributed by atoms with Crippen molar-refractivity contribution in [3.05, 3.63) is 47.8 Å². The second-order valence-corrected chi connectivity index (χ2v) is 5.66. The molecule has 0 spiro atoms. The summed E-state index contributed by atoms with van der Waals surface area (Å²) in [5.74, 6) is 1.70. The molecule has 0 N–H and O–H groups in total. The maximum atomic E-state index is 13.6. The molecule has 0 radical (unpaired) electrons. The van der Waals surface area contributed by atoms with Gasteiger partial charge >= 0.3 is 0 Å². The molecular formula is C13H13FS.